The molecule has 0 spiro atoms. The van der Waals surface area contributed by atoms with E-state index in [1.165, 1.54) is 12.8 Å². The second-order valence-electron chi connectivity index (χ2n) is 6.08. The summed E-state index contributed by atoms with van der Waals surface area (Å²) in [5, 5.41) is 3.36. The van der Waals surface area contributed by atoms with E-state index in [-0.39, 0.29) is 0 Å². The van der Waals surface area contributed by atoms with Gasteiger partial charge in [0.1, 0.15) is 5.82 Å². The zero-order valence-electron chi connectivity index (χ0n) is 13.4. The summed E-state index contributed by atoms with van der Waals surface area (Å²) in [6, 6.07) is 4.56. The molecule has 1 aromatic rings. The second kappa shape index (κ2) is 7.50. The smallest absolute Gasteiger partial charge is 0.239 e. The van der Waals surface area contributed by atoms with Crippen LogP contribution in [-0.4, -0.2) is 42.2 Å². The molecule has 118 valence electrons. The van der Waals surface area contributed by atoms with Gasteiger partial charge in [-0.1, -0.05) is 20.8 Å². The van der Waals surface area contributed by atoms with Crippen molar-refractivity contribution in [2.24, 2.45) is 5.92 Å². The predicted molar refractivity (Wildman–Crippen MR) is 87.7 cm³/mol. The Hall–Kier alpha value is -1.49. The molecule has 1 saturated carbocycles. The Morgan fingerprint density at radius 1 is 1.43 bits per heavy atom. The molecular formula is C16H28N4O. The van der Waals surface area contributed by atoms with Gasteiger partial charge in [-0.3, -0.25) is 4.90 Å². The van der Waals surface area contributed by atoms with Gasteiger partial charge in [-0.15, -0.1) is 0 Å². The van der Waals surface area contributed by atoms with E-state index in [9.17, 15) is 0 Å². The lowest BCUT2D eigenvalue weighted by Crippen LogP contribution is -2.31. The van der Waals surface area contributed by atoms with Crippen molar-refractivity contribution < 1.29 is 4.74 Å². The Balaban J connectivity index is 1.83. The Morgan fingerprint density at radius 3 is 2.81 bits per heavy atom. The summed E-state index contributed by atoms with van der Waals surface area (Å²) < 4.78 is 5.65. The van der Waals surface area contributed by atoms with Crippen LogP contribution in [0.1, 0.15) is 33.6 Å². The van der Waals surface area contributed by atoms with E-state index in [1.807, 2.05) is 12.1 Å². The predicted octanol–water partition coefficient (Wildman–Crippen LogP) is 2.59. The summed E-state index contributed by atoms with van der Waals surface area (Å²) in [6.07, 6.45) is 2.70. The molecule has 0 saturated heterocycles. The molecular weight excluding hydrogens is 264 g/mol. The van der Waals surface area contributed by atoms with Crippen LogP contribution in [0.5, 0.6) is 5.88 Å². The summed E-state index contributed by atoms with van der Waals surface area (Å²) in [4.78, 5) is 6.96. The third-order valence-corrected chi connectivity index (χ3v) is 3.62. The van der Waals surface area contributed by atoms with E-state index in [1.54, 1.807) is 0 Å². The summed E-state index contributed by atoms with van der Waals surface area (Å²) in [7, 11) is 0. The Morgan fingerprint density at radius 2 is 2.19 bits per heavy atom. The number of nitrogens with one attached hydrogen (secondary N) is 1. The van der Waals surface area contributed by atoms with Crippen molar-refractivity contribution in [3.63, 3.8) is 0 Å². The molecule has 5 nitrogen and oxygen atoms in total. The highest BCUT2D eigenvalue weighted by Crippen LogP contribution is 2.26. The molecule has 1 fully saturated rings. The number of rotatable bonds is 9. The van der Waals surface area contributed by atoms with Gasteiger partial charge >= 0.3 is 0 Å². The Labute approximate surface area is 127 Å². The van der Waals surface area contributed by atoms with E-state index in [4.69, 9.17) is 10.5 Å². The molecule has 1 aromatic heterocycles. The minimum Gasteiger partial charge on any atom is -0.476 e. The third kappa shape index (κ3) is 5.08. The van der Waals surface area contributed by atoms with Crippen LogP contribution in [0.4, 0.5) is 11.5 Å². The van der Waals surface area contributed by atoms with Gasteiger partial charge in [-0.05, 0) is 37.4 Å². The molecule has 0 unspecified atom stereocenters. The quantitative estimate of drug-likeness (QED) is 0.732. The number of likely N-dealkylation sites (N-methyl/N-ethyl adjacent to an activating group) is 1. The average molecular weight is 292 g/mol. The fourth-order valence-corrected chi connectivity index (χ4v) is 2.28. The number of hydrogen-bond donors (Lipinski definition) is 2. The number of nitrogen functional groups attached to an aromatic ring is 1. The molecule has 0 aromatic carbocycles. The summed E-state index contributed by atoms with van der Waals surface area (Å²) in [6.45, 7) is 10.1. The van der Waals surface area contributed by atoms with Gasteiger partial charge < -0.3 is 15.8 Å². The Bertz CT molecular complexity index is 446. The zero-order chi connectivity index (χ0) is 15.2. The van der Waals surface area contributed by atoms with Crippen LogP contribution in [0.25, 0.3) is 0 Å². The van der Waals surface area contributed by atoms with Crippen molar-refractivity contribution in [3.8, 4) is 5.88 Å². The first-order valence-electron chi connectivity index (χ1n) is 7.97. The van der Waals surface area contributed by atoms with Crippen molar-refractivity contribution >= 4 is 11.5 Å². The maximum Gasteiger partial charge on any atom is 0.239 e. The minimum absolute atomic E-state index is 0.458. The van der Waals surface area contributed by atoms with E-state index >= 15 is 0 Å². The normalized spacial score (nSPS) is 14.7. The third-order valence-electron chi connectivity index (χ3n) is 3.62. The van der Waals surface area contributed by atoms with Gasteiger partial charge in [0.05, 0.1) is 12.3 Å². The number of aromatic nitrogens is 1. The highest BCUT2D eigenvalue weighted by atomic mass is 16.5. The van der Waals surface area contributed by atoms with Gasteiger partial charge in [0.15, 0.2) is 0 Å². The number of pyridine rings is 1. The lowest BCUT2D eigenvalue weighted by Gasteiger charge is -2.20. The molecule has 1 heterocycles. The number of anilines is 2. The molecule has 0 amide bonds. The molecule has 21 heavy (non-hydrogen) atoms. The van der Waals surface area contributed by atoms with E-state index in [0.29, 0.717) is 24.1 Å². The van der Waals surface area contributed by atoms with Crippen LogP contribution in [0.3, 0.4) is 0 Å². The molecule has 2 rings (SSSR count). The lowest BCUT2D eigenvalue weighted by molar-refractivity contribution is 0.263. The topological polar surface area (TPSA) is 63.4 Å². The molecule has 3 N–H and O–H groups in total. The highest BCUT2D eigenvalue weighted by molar-refractivity contribution is 5.53. The van der Waals surface area contributed by atoms with Crippen LogP contribution in [0.15, 0.2) is 12.1 Å². The van der Waals surface area contributed by atoms with Crippen LogP contribution >= 0.6 is 0 Å². The first-order valence-corrected chi connectivity index (χ1v) is 7.97. The molecule has 1 aliphatic carbocycles. The fourth-order valence-electron chi connectivity index (χ4n) is 2.28. The van der Waals surface area contributed by atoms with Crippen LogP contribution in [-0.2, 0) is 0 Å². The first kappa shape index (κ1) is 15.9. The fraction of sp³-hybridized carbons (Fsp3) is 0.688. The number of ether oxygens (including phenoxy) is 1. The largest absolute Gasteiger partial charge is 0.476 e. The van der Waals surface area contributed by atoms with E-state index < -0.39 is 0 Å². The standard InChI is InChI=1S/C16H28N4O/c1-4-20(13-5-6-13)10-9-18-15-8-7-14(17)16(19-15)21-11-12(2)3/h7-8,12-13H,4-6,9-11,17H2,1-3H3,(H,18,19). The van der Waals surface area contributed by atoms with E-state index in [2.05, 4.69) is 36.0 Å². The molecule has 0 atom stereocenters. The second-order valence-corrected chi connectivity index (χ2v) is 6.08. The molecule has 0 aliphatic heterocycles. The number of nitrogens with zero attached hydrogens (tertiary/aromatic N) is 2. The van der Waals surface area contributed by atoms with Crippen LogP contribution in [0, 0.1) is 5.92 Å². The minimum atomic E-state index is 0.458. The zero-order valence-corrected chi connectivity index (χ0v) is 13.4. The summed E-state index contributed by atoms with van der Waals surface area (Å²) in [5.74, 6) is 1.82. The maximum absolute atomic E-state index is 5.90. The van der Waals surface area contributed by atoms with Crippen molar-refractivity contribution in [2.45, 2.75) is 39.7 Å². The van der Waals surface area contributed by atoms with Gasteiger partial charge in [-0.2, -0.15) is 4.98 Å². The van der Waals surface area contributed by atoms with Gasteiger partial charge in [0.25, 0.3) is 0 Å². The highest BCUT2D eigenvalue weighted by Gasteiger charge is 2.27. The maximum atomic E-state index is 5.90. The van der Waals surface area contributed by atoms with Gasteiger partial charge in [-0.25, -0.2) is 0 Å². The average Bonchev–Trinajstić information content (AvgIpc) is 3.28. The molecule has 0 bridgehead atoms. The first-order chi connectivity index (χ1) is 10.1. The summed E-state index contributed by atoms with van der Waals surface area (Å²) in [5.41, 5.74) is 6.49. The molecule has 0 radical (unpaired) electrons. The van der Waals surface area contributed by atoms with Crippen molar-refractivity contribution in [1.29, 1.82) is 0 Å². The molecule has 5 heteroatoms. The van der Waals surface area contributed by atoms with Crippen LogP contribution in [0.2, 0.25) is 0 Å². The van der Waals surface area contributed by atoms with Crippen LogP contribution < -0.4 is 15.8 Å². The number of hydrogen-bond acceptors (Lipinski definition) is 5. The SMILES string of the molecule is CCN(CCNc1ccc(N)c(OCC(C)C)n1)C1CC1. The Kier molecular flexibility index (Phi) is 5.67. The van der Waals surface area contributed by atoms with Gasteiger partial charge in [0, 0.05) is 19.1 Å². The lowest BCUT2D eigenvalue weighted by atomic mass is 10.2. The molecule has 1 aliphatic rings. The van der Waals surface area contributed by atoms with Crippen molar-refractivity contribution in [3.05, 3.63) is 12.1 Å². The van der Waals surface area contributed by atoms with Crippen molar-refractivity contribution in [1.82, 2.24) is 9.88 Å². The summed E-state index contributed by atoms with van der Waals surface area (Å²) >= 11 is 0. The number of nitrogens with two attached hydrogens (primary N) is 1. The van der Waals surface area contributed by atoms with Gasteiger partial charge in [0.2, 0.25) is 5.88 Å². The van der Waals surface area contributed by atoms with E-state index in [0.717, 1.165) is 31.5 Å². The monoisotopic (exact) mass is 292 g/mol. The van der Waals surface area contributed by atoms with Crippen molar-refractivity contribution in [2.75, 3.05) is 37.3 Å².